The van der Waals surface area contributed by atoms with E-state index >= 15 is 0 Å². The van der Waals surface area contributed by atoms with E-state index in [0.29, 0.717) is 10.8 Å². The second-order valence-electron chi connectivity index (χ2n) is 4.07. The predicted molar refractivity (Wildman–Crippen MR) is 77.3 cm³/mol. The standard InChI is InChI=1S/C15H16ClNO2/c1-17-10-11-3-8-15(14(16)9-11)19-13-6-4-12(18-2)5-7-13/h3-9,17H,10H2,1-2H3. The number of hydrogen-bond acceptors (Lipinski definition) is 3. The van der Waals surface area contributed by atoms with Gasteiger partial charge in [0, 0.05) is 6.54 Å². The van der Waals surface area contributed by atoms with Gasteiger partial charge in [-0.05, 0) is 49.0 Å². The average Bonchev–Trinajstić information content (AvgIpc) is 2.43. The van der Waals surface area contributed by atoms with Crippen LogP contribution in [0.1, 0.15) is 5.56 Å². The van der Waals surface area contributed by atoms with Crippen LogP contribution < -0.4 is 14.8 Å². The molecule has 0 unspecified atom stereocenters. The Hall–Kier alpha value is -1.71. The zero-order chi connectivity index (χ0) is 13.7. The quantitative estimate of drug-likeness (QED) is 0.900. The number of methoxy groups -OCH3 is 1. The Kier molecular flexibility index (Phi) is 4.66. The molecule has 0 aliphatic carbocycles. The molecule has 0 spiro atoms. The summed E-state index contributed by atoms with van der Waals surface area (Å²) in [6, 6.07) is 13.1. The number of hydrogen-bond donors (Lipinski definition) is 1. The van der Waals surface area contributed by atoms with Crippen LogP contribution in [0, 0.1) is 0 Å². The van der Waals surface area contributed by atoms with Gasteiger partial charge in [-0.2, -0.15) is 0 Å². The summed E-state index contributed by atoms with van der Waals surface area (Å²) in [4.78, 5) is 0. The number of ether oxygens (including phenoxy) is 2. The molecule has 0 atom stereocenters. The highest BCUT2D eigenvalue weighted by atomic mass is 35.5. The van der Waals surface area contributed by atoms with Gasteiger partial charge >= 0.3 is 0 Å². The lowest BCUT2D eigenvalue weighted by Crippen LogP contribution is -2.04. The summed E-state index contributed by atoms with van der Waals surface area (Å²) in [6.07, 6.45) is 0. The molecule has 0 radical (unpaired) electrons. The van der Waals surface area contributed by atoms with Crippen molar-refractivity contribution in [2.75, 3.05) is 14.2 Å². The van der Waals surface area contributed by atoms with E-state index < -0.39 is 0 Å². The van der Waals surface area contributed by atoms with Crippen molar-refractivity contribution in [3.05, 3.63) is 53.1 Å². The summed E-state index contributed by atoms with van der Waals surface area (Å²) < 4.78 is 10.8. The zero-order valence-corrected chi connectivity index (χ0v) is 11.7. The van der Waals surface area contributed by atoms with Gasteiger partial charge in [0.25, 0.3) is 0 Å². The monoisotopic (exact) mass is 277 g/mol. The van der Waals surface area contributed by atoms with E-state index in [1.54, 1.807) is 7.11 Å². The molecule has 0 aromatic heterocycles. The van der Waals surface area contributed by atoms with Crippen molar-refractivity contribution in [2.24, 2.45) is 0 Å². The predicted octanol–water partition coefficient (Wildman–Crippen LogP) is 3.86. The number of nitrogens with one attached hydrogen (secondary N) is 1. The molecule has 100 valence electrons. The minimum Gasteiger partial charge on any atom is -0.497 e. The van der Waals surface area contributed by atoms with Crippen molar-refractivity contribution in [1.29, 1.82) is 0 Å². The highest BCUT2D eigenvalue weighted by Gasteiger charge is 2.04. The Morgan fingerprint density at radius 3 is 2.32 bits per heavy atom. The molecule has 2 rings (SSSR count). The third-order valence-corrected chi connectivity index (χ3v) is 2.96. The molecule has 0 bridgehead atoms. The fourth-order valence-electron chi connectivity index (χ4n) is 1.71. The number of rotatable bonds is 5. The van der Waals surface area contributed by atoms with E-state index in [4.69, 9.17) is 21.1 Å². The molecule has 19 heavy (non-hydrogen) atoms. The maximum Gasteiger partial charge on any atom is 0.146 e. The second kappa shape index (κ2) is 6.45. The first-order chi connectivity index (χ1) is 9.22. The van der Waals surface area contributed by atoms with Gasteiger partial charge in [-0.15, -0.1) is 0 Å². The maximum absolute atomic E-state index is 6.20. The van der Waals surface area contributed by atoms with E-state index in [-0.39, 0.29) is 0 Å². The van der Waals surface area contributed by atoms with Crippen LogP contribution in [0.3, 0.4) is 0 Å². The van der Waals surface area contributed by atoms with E-state index in [0.717, 1.165) is 23.6 Å². The first-order valence-corrected chi connectivity index (χ1v) is 6.35. The molecule has 2 aromatic carbocycles. The summed E-state index contributed by atoms with van der Waals surface area (Å²) >= 11 is 6.20. The summed E-state index contributed by atoms with van der Waals surface area (Å²) in [5.41, 5.74) is 1.12. The molecule has 4 heteroatoms. The van der Waals surface area contributed by atoms with Crippen molar-refractivity contribution >= 4 is 11.6 Å². The van der Waals surface area contributed by atoms with Crippen LogP contribution in [0.2, 0.25) is 5.02 Å². The van der Waals surface area contributed by atoms with Gasteiger partial charge in [0.1, 0.15) is 17.2 Å². The van der Waals surface area contributed by atoms with Crippen molar-refractivity contribution in [3.8, 4) is 17.2 Å². The highest BCUT2D eigenvalue weighted by molar-refractivity contribution is 6.32. The van der Waals surface area contributed by atoms with Crippen molar-refractivity contribution in [3.63, 3.8) is 0 Å². The molecule has 1 N–H and O–H groups in total. The van der Waals surface area contributed by atoms with Gasteiger partial charge in [-0.3, -0.25) is 0 Å². The minimum absolute atomic E-state index is 0.601. The summed E-state index contributed by atoms with van der Waals surface area (Å²) in [6.45, 7) is 0.780. The van der Waals surface area contributed by atoms with Crippen LogP contribution in [0.25, 0.3) is 0 Å². The number of halogens is 1. The largest absolute Gasteiger partial charge is 0.497 e. The number of benzene rings is 2. The van der Waals surface area contributed by atoms with Crippen molar-refractivity contribution in [2.45, 2.75) is 6.54 Å². The van der Waals surface area contributed by atoms with Gasteiger partial charge in [-0.25, -0.2) is 0 Å². The molecule has 0 fully saturated rings. The fraction of sp³-hybridized carbons (Fsp3) is 0.200. The third kappa shape index (κ3) is 3.63. The topological polar surface area (TPSA) is 30.5 Å². The van der Waals surface area contributed by atoms with Crippen LogP contribution in [0.15, 0.2) is 42.5 Å². The molecule has 3 nitrogen and oxygen atoms in total. The zero-order valence-electron chi connectivity index (χ0n) is 10.9. The van der Waals surface area contributed by atoms with E-state index in [2.05, 4.69) is 5.32 Å². The van der Waals surface area contributed by atoms with Crippen molar-refractivity contribution < 1.29 is 9.47 Å². The molecule has 0 heterocycles. The summed E-state index contributed by atoms with van der Waals surface area (Å²) in [5, 5.41) is 3.68. The van der Waals surface area contributed by atoms with Crippen LogP contribution >= 0.6 is 11.6 Å². The SMILES string of the molecule is CNCc1ccc(Oc2ccc(OC)cc2)c(Cl)c1. The Labute approximate surface area is 118 Å². The van der Waals surface area contributed by atoms with Gasteiger partial charge in [0.2, 0.25) is 0 Å². The molecular weight excluding hydrogens is 262 g/mol. The lowest BCUT2D eigenvalue weighted by atomic mass is 10.2. The van der Waals surface area contributed by atoms with Crippen LogP contribution in [-0.2, 0) is 6.54 Å². The van der Waals surface area contributed by atoms with Crippen LogP contribution in [0.5, 0.6) is 17.2 Å². The molecule has 0 aliphatic rings. The van der Waals surface area contributed by atoms with E-state index in [1.165, 1.54) is 0 Å². The van der Waals surface area contributed by atoms with Gasteiger partial charge in [0.05, 0.1) is 12.1 Å². The van der Waals surface area contributed by atoms with E-state index in [1.807, 2.05) is 49.5 Å². The maximum atomic E-state index is 6.20. The second-order valence-corrected chi connectivity index (χ2v) is 4.48. The third-order valence-electron chi connectivity index (χ3n) is 2.66. The Morgan fingerprint density at radius 1 is 1.05 bits per heavy atom. The Balaban J connectivity index is 2.13. The van der Waals surface area contributed by atoms with Crippen LogP contribution in [-0.4, -0.2) is 14.2 Å². The molecule has 0 aliphatic heterocycles. The Bertz CT molecular complexity index is 540. The molecule has 0 saturated heterocycles. The first kappa shape index (κ1) is 13.7. The van der Waals surface area contributed by atoms with Crippen molar-refractivity contribution in [1.82, 2.24) is 5.32 Å². The smallest absolute Gasteiger partial charge is 0.146 e. The normalized spacial score (nSPS) is 10.3. The summed E-state index contributed by atoms with van der Waals surface area (Å²) in [7, 11) is 3.53. The molecule has 0 amide bonds. The van der Waals surface area contributed by atoms with Gasteiger partial charge in [0.15, 0.2) is 0 Å². The fourth-order valence-corrected chi connectivity index (χ4v) is 1.95. The highest BCUT2D eigenvalue weighted by Crippen LogP contribution is 2.30. The molecule has 0 saturated carbocycles. The lowest BCUT2D eigenvalue weighted by molar-refractivity contribution is 0.413. The van der Waals surface area contributed by atoms with Crippen LogP contribution in [0.4, 0.5) is 0 Å². The van der Waals surface area contributed by atoms with Gasteiger partial charge in [-0.1, -0.05) is 17.7 Å². The Morgan fingerprint density at radius 2 is 1.74 bits per heavy atom. The average molecular weight is 278 g/mol. The van der Waals surface area contributed by atoms with E-state index in [9.17, 15) is 0 Å². The van der Waals surface area contributed by atoms with Gasteiger partial charge < -0.3 is 14.8 Å². The lowest BCUT2D eigenvalue weighted by Gasteiger charge is -2.09. The summed E-state index contributed by atoms with van der Waals surface area (Å²) in [5.74, 6) is 2.17. The first-order valence-electron chi connectivity index (χ1n) is 5.98. The minimum atomic E-state index is 0.601. The molecular formula is C15H16ClNO2. The molecule has 2 aromatic rings.